The summed E-state index contributed by atoms with van der Waals surface area (Å²) in [7, 11) is 3.20. The predicted octanol–water partition coefficient (Wildman–Crippen LogP) is 6.07. The van der Waals surface area contributed by atoms with Gasteiger partial charge in [-0.2, -0.15) is 0 Å². The number of aromatic amines is 1. The number of nitrogens with zero attached hydrogens (tertiary/aromatic N) is 2. The minimum atomic E-state index is -0.239. The first-order valence-electron chi connectivity index (χ1n) is 14.1. The predicted molar refractivity (Wildman–Crippen MR) is 162 cm³/mol. The number of rotatable bonds is 11. The van der Waals surface area contributed by atoms with Gasteiger partial charge in [0, 0.05) is 41.9 Å². The maximum Gasteiger partial charge on any atom is 0.322 e. The maximum atomic E-state index is 13.9. The van der Waals surface area contributed by atoms with Crippen molar-refractivity contribution in [3.8, 4) is 11.5 Å². The topological polar surface area (TPSA) is 86.9 Å². The first-order valence-corrected chi connectivity index (χ1v) is 14.1. The quantitative estimate of drug-likeness (QED) is 0.236. The van der Waals surface area contributed by atoms with E-state index in [0.29, 0.717) is 31.0 Å². The number of amides is 3. The third-order valence-corrected chi connectivity index (χ3v) is 7.90. The minimum absolute atomic E-state index is 0.0164. The number of H-pyrrole nitrogens is 1. The van der Waals surface area contributed by atoms with Gasteiger partial charge in [-0.05, 0) is 79.6 Å². The van der Waals surface area contributed by atoms with E-state index in [1.165, 1.54) is 0 Å². The van der Waals surface area contributed by atoms with Gasteiger partial charge in [0.2, 0.25) is 5.91 Å². The van der Waals surface area contributed by atoms with E-state index in [1.807, 2.05) is 79.5 Å². The fourth-order valence-corrected chi connectivity index (χ4v) is 5.16. The van der Waals surface area contributed by atoms with Gasteiger partial charge in [-0.15, -0.1) is 0 Å². The zero-order valence-electron chi connectivity index (χ0n) is 24.2. The smallest absolute Gasteiger partial charge is 0.322 e. The second-order valence-electron chi connectivity index (χ2n) is 10.7. The number of fused-ring (bicyclic) bond motifs is 1. The van der Waals surface area contributed by atoms with E-state index in [2.05, 4.69) is 16.4 Å². The summed E-state index contributed by atoms with van der Waals surface area (Å²) in [4.78, 5) is 34.2. The highest BCUT2D eigenvalue weighted by Gasteiger charge is 2.35. The zero-order valence-corrected chi connectivity index (χ0v) is 24.2. The molecule has 1 aliphatic carbocycles. The molecule has 1 fully saturated rings. The molecular formula is C33H38N4O4. The van der Waals surface area contributed by atoms with E-state index in [9.17, 15) is 9.59 Å². The summed E-state index contributed by atoms with van der Waals surface area (Å²) in [5.41, 5.74) is 6.05. The molecule has 4 aromatic rings. The van der Waals surface area contributed by atoms with Crippen LogP contribution in [0, 0.1) is 13.8 Å². The van der Waals surface area contributed by atoms with Crippen molar-refractivity contribution in [2.24, 2.45) is 0 Å². The first kappa shape index (κ1) is 28.1. The van der Waals surface area contributed by atoms with Crippen LogP contribution in [0.25, 0.3) is 10.9 Å². The molecule has 3 aromatic carbocycles. The number of hydrogen-bond donors (Lipinski definition) is 2. The van der Waals surface area contributed by atoms with Gasteiger partial charge >= 0.3 is 6.03 Å². The van der Waals surface area contributed by atoms with Crippen molar-refractivity contribution in [3.05, 3.63) is 89.1 Å². The average Bonchev–Trinajstić information content (AvgIpc) is 3.75. The lowest BCUT2D eigenvalue weighted by molar-refractivity contribution is -0.132. The molecule has 1 aliphatic rings. The lowest BCUT2D eigenvalue weighted by Gasteiger charge is -2.28. The number of carbonyl (C=O) groups excluding carboxylic acids is 2. The molecule has 2 N–H and O–H groups in total. The molecule has 8 nitrogen and oxygen atoms in total. The summed E-state index contributed by atoms with van der Waals surface area (Å²) in [6.07, 6.45) is 4.50. The Balaban J connectivity index is 1.36. The molecule has 0 spiro atoms. The number of urea groups is 1. The molecule has 3 amide bonds. The molecule has 41 heavy (non-hydrogen) atoms. The number of carbonyl (C=O) groups is 2. The van der Waals surface area contributed by atoms with Crippen LogP contribution < -0.4 is 14.8 Å². The fourth-order valence-electron chi connectivity index (χ4n) is 5.16. The van der Waals surface area contributed by atoms with Gasteiger partial charge in [-0.1, -0.05) is 36.4 Å². The number of nitrogens with one attached hydrogen (secondary N) is 2. The summed E-state index contributed by atoms with van der Waals surface area (Å²) in [5, 5.41) is 4.20. The number of anilines is 1. The SMILES string of the molecule is COc1ccc(CN(CCc2c[nH]c3ccccc23)C(=O)CN(C(=O)Nc2cccc(C)c2C)C2CC2)cc1OC. The summed E-state index contributed by atoms with van der Waals surface area (Å²) in [6, 6.07) is 19.5. The van der Waals surface area contributed by atoms with Crippen LogP contribution in [0.15, 0.2) is 66.9 Å². The molecule has 1 aromatic heterocycles. The van der Waals surface area contributed by atoms with Crippen LogP contribution in [0.3, 0.4) is 0 Å². The van der Waals surface area contributed by atoms with Crippen molar-refractivity contribution in [1.29, 1.82) is 0 Å². The van der Waals surface area contributed by atoms with Crippen LogP contribution >= 0.6 is 0 Å². The number of methoxy groups -OCH3 is 2. The average molecular weight is 555 g/mol. The molecule has 0 saturated heterocycles. The number of ether oxygens (including phenoxy) is 2. The van der Waals surface area contributed by atoms with Crippen LogP contribution in [0.5, 0.6) is 11.5 Å². The molecule has 0 atom stereocenters. The lowest BCUT2D eigenvalue weighted by atomic mass is 10.1. The molecule has 214 valence electrons. The molecule has 0 bridgehead atoms. The Kier molecular flexibility index (Phi) is 8.47. The fraction of sp³-hybridized carbons (Fsp3) is 0.333. The van der Waals surface area contributed by atoms with Gasteiger partial charge in [0.15, 0.2) is 11.5 Å². The Morgan fingerprint density at radius 2 is 1.76 bits per heavy atom. The van der Waals surface area contributed by atoms with E-state index < -0.39 is 0 Å². The van der Waals surface area contributed by atoms with Crippen molar-refractivity contribution in [2.75, 3.05) is 32.6 Å². The lowest BCUT2D eigenvalue weighted by Crippen LogP contribution is -2.46. The van der Waals surface area contributed by atoms with Crippen molar-refractivity contribution in [1.82, 2.24) is 14.8 Å². The zero-order chi connectivity index (χ0) is 28.9. The Labute approximate surface area is 241 Å². The van der Waals surface area contributed by atoms with Gasteiger partial charge in [0.05, 0.1) is 14.2 Å². The third kappa shape index (κ3) is 6.48. The van der Waals surface area contributed by atoms with Gasteiger partial charge < -0.3 is 29.6 Å². The maximum absolute atomic E-state index is 13.9. The number of para-hydroxylation sites is 1. The largest absolute Gasteiger partial charge is 0.493 e. The summed E-state index contributed by atoms with van der Waals surface area (Å²) in [5.74, 6) is 1.15. The van der Waals surface area contributed by atoms with E-state index in [0.717, 1.165) is 51.7 Å². The first-order chi connectivity index (χ1) is 19.9. The summed E-state index contributed by atoms with van der Waals surface area (Å²) >= 11 is 0. The van der Waals surface area contributed by atoms with Crippen LogP contribution in [0.2, 0.25) is 0 Å². The van der Waals surface area contributed by atoms with Crippen LogP contribution in [-0.4, -0.2) is 60.1 Å². The van der Waals surface area contributed by atoms with Crippen LogP contribution in [0.4, 0.5) is 10.5 Å². The van der Waals surface area contributed by atoms with E-state index >= 15 is 0 Å². The Hall–Kier alpha value is -4.46. The molecular weight excluding hydrogens is 516 g/mol. The molecule has 0 radical (unpaired) electrons. The minimum Gasteiger partial charge on any atom is -0.493 e. The van der Waals surface area contributed by atoms with Gasteiger partial charge in [-0.25, -0.2) is 4.79 Å². The molecule has 1 saturated carbocycles. The van der Waals surface area contributed by atoms with Gasteiger partial charge in [0.1, 0.15) is 6.54 Å². The molecule has 1 heterocycles. The van der Waals surface area contributed by atoms with E-state index in [1.54, 1.807) is 19.1 Å². The second-order valence-corrected chi connectivity index (χ2v) is 10.7. The molecule has 8 heteroatoms. The molecule has 0 aliphatic heterocycles. The Morgan fingerprint density at radius 1 is 0.976 bits per heavy atom. The van der Waals surface area contributed by atoms with Crippen LogP contribution in [0.1, 0.15) is 35.1 Å². The molecule has 0 unspecified atom stereocenters. The normalized spacial score (nSPS) is 12.7. The van der Waals surface area contributed by atoms with Crippen molar-refractivity contribution >= 4 is 28.5 Å². The number of aromatic nitrogens is 1. The Morgan fingerprint density at radius 3 is 2.51 bits per heavy atom. The standard InChI is InChI=1S/C33H38N4O4/c1-22-8-7-11-28(23(22)2)35-33(39)37(26-13-14-26)21-32(38)36(20-24-12-15-30(40-3)31(18-24)41-4)17-16-25-19-34-29-10-6-5-9-27(25)29/h5-12,15,18-19,26,34H,13-14,16-17,20-21H2,1-4H3,(H,35,39). The summed E-state index contributed by atoms with van der Waals surface area (Å²) in [6.45, 7) is 4.92. The summed E-state index contributed by atoms with van der Waals surface area (Å²) < 4.78 is 10.9. The third-order valence-electron chi connectivity index (χ3n) is 7.90. The van der Waals surface area contributed by atoms with E-state index in [-0.39, 0.29) is 24.5 Å². The number of benzene rings is 3. The van der Waals surface area contributed by atoms with Crippen LogP contribution in [-0.2, 0) is 17.8 Å². The molecule has 5 rings (SSSR count). The number of hydrogen-bond acceptors (Lipinski definition) is 4. The highest BCUT2D eigenvalue weighted by molar-refractivity contribution is 5.93. The second kappa shape index (κ2) is 12.4. The van der Waals surface area contributed by atoms with Gasteiger partial charge in [0.25, 0.3) is 0 Å². The van der Waals surface area contributed by atoms with Crippen molar-refractivity contribution < 1.29 is 19.1 Å². The van der Waals surface area contributed by atoms with Gasteiger partial charge in [-0.3, -0.25) is 4.79 Å². The van der Waals surface area contributed by atoms with Crippen molar-refractivity contribution in [2.45, 2.75) is 45.7 Å². The monoisotopic (exact) mass is 554 g/mol. The number of aryl methyl sites for hydroxylation is 1. The van der Waals surface area contributed by atoms with Crippen molar-refractivity contribution in [3.63, 3.8) is 0 Å². The highest BCUT2D eigenvalue weighted by Crippen LogP contribution is 2.30. The highest BCUT2D eigenvalue weighted by atomic mass is 16.5. The Bertz CT molecular complexity index is 1540. The van der Waals surface area contributed by atoms with E-state index in [4.69, 9.17) is 9.47 Å².